The maximum absolute atomic E-state index is 13.8. The van der Waals surface area contributed by atoms with Gasteiger partial charge in [-0.15, -0.1) is 0 Å². The van der Waals surface area contributed by atoms with Crippen LogP contribution >= 0.6 is 0 Å². The molecule has 0 spiro atoms. The topological polar surface area (TPSA) is 367 Å². The van der Waals surface area contributed by atoms with E-state index in [-0.39, 0.29) is 38.1 Å². The van der Waals surface area contributed by atoms with Crippen LogP contribution in [-0.2, 0) is 47.5 Å². The molecule has 0 aromatic rings. The van der Waals surface area contributed by atoms with E-state index in [2.05, 4.69) is 26.6 Å². The fraction of sp³-hybridized carbons (Fsp3) is 0.826. The quantitative estimate of drug-likeness (QED) is 0.0536. The van der Waals surface area contributed by atoms with E-state index in [0.29, 0.717) is 0 Å². The van der Waals surface area contributed by atoms with Crippen molar-refractivity contribution >= 4 is 36.2 Å². The highest BCUT2D eigenvalue weighted by Crippen LogP contribution is 2.32. The number of alkyl carbamates (subject to hydrolysis) is 3. The molecule has 1 fully saturated rings. The van der Waals surface area contributed by atoms with Gasteiger partial charge in [0.15, 0.2) is 6.29 Å². The van der Waals surface area contributed by atoms with E-state index in [1.807, 2.05) is 0 Å². The van der Waals surface area contributed by atoms with Crippen LogP contribution in [0.5, 0.6) is 0 Å². The molecule has 1 aliphatic heterocycles. The predicted molar refractivity (Wildman–Crippen MR) is 255 cm³/mol. The van der Waals surface area contributed by atoms with E-state index in [1.165, 1.54) is 14.0 Å². The number of nitrogens with two attached hydrogens (primary N) is 1. The number of aliphatic hydroxyl groups is 5. The molecule has 1 aliphatic carbocycles. The van der Waals surface area contributed by atoms with Crippen LogP contribution in [0.1, 0.15) is 109 Å². The molecule has 0 radical (unpaired) electrons. The summed E-state index contributed by atoms with van der Waals surface area (Å²) in [5.74, 6) is -1.81. The number of hydrogen-bond acceptors (Lipinski definition) is 20. The maximum atomic E-state index is 13.8. The first-order chi connectivity index (χ1) is 33.0. The second kappa shape index (κ2) is 27.5. The molecule has 0 aromatic heterocycles. The van der Waals surface area contributed by atoms with Gasteiger partial charge in [-0.1, -0.05) is 0 Å². The van der Waals surface area contributed by atoms with Crippen molar-refractivity contribution < 1.29 is 92.2 Å². The third-order valence-electron chi connectivity index (χ3n) is 10.3. The molecule has 2 aliphatic rings. The predicted octanol–water partition coefficient (Wildman–Crippen LogP) is 0.0859. The summed E-state index contributed by atoms with van der Waals surface area (Å²) in [5.41, 5.74) is 2.28. The SMILES string of the molecule is C[C@@H]([C@@H](O)[C@H](OCCO)O[C@@H]1[C@@H](O)[C@H](O[C@H]2OC(CN)=CC[C@H]2NC(=O)C(O)CNC(=O)OC(C)(C)C)[C@@H](NC(=O)OC(C)(C)C)C[C@H]1NC(=O)[C@@H](O)CCNC(=O)OC(C)(C)C)N(C)C(=O)OC(C)(C)C. The number of rotatable bonds is 21. The largest absolute Gasteiger partial charge is 0.466 e. The number of aliphatic hydroxyl groups excluding tert-OH is 5. The lowest BCUT2D eigenvalue weighted by Gasteiger charge is -2.47. The van der Waals surface area contributed by atoms with Gasteiger partial charge in [0.2, 0.25) is 12.2 Å². The number of hydrogen-bond donors (Lipinski definition) is 11. The van der Waals surface area contributed by atoms with Gasteiger partial charge in [0, 0.05) is 13.6 Å². The minimum atomic E-state index is -1.97. The Morgan fingerprint density at radius 1 is 0.750 bits per heavy atom. The molecular formula is C46H83N7O19. The highest BCUT2D eigenvalue weighted by atomic mass is 16.7. The number of carbonyl (C=O) groups is 6. The summed E-state index contributed by atoms with van der Waals surface area (Å²) in [7, 11) is 1.35. The van der Waals surface area contributed by atoms with Gasteiger partial charge < -0.3 is 101 Å². The molecule has 12 N–H and O–H groups in total. The molecule has 1 heterocycles. The number of ether oxygens (including phenoxy) is 8. The lowest BCUT2D eigenvalue weighted by Crippen LogP contribution is -2.68. The van der Waals surface area contributed by atoms with Gasteiger partial charge in [-0.2, -0.15) is 0 Å². The van der Waals surface area contributed by atoms with Gasteiger partial charge >= 0.3 is 24.4 Å². The minimum Gasteiger partial charge on any atom is -0.466 e. The first-order valence-corrected chi connectivity index (χ1v) is 23.9. The number of nitrogens with zero attached hydrogens (tertiary/aromatic N) is 1. The van der Waals surface area contributed by atoms with Gasteiger partial charge in [0.25, 0.3) is 5.91 Å². The Morgan fingerprint density at radius 2 is 1.26 bits per heavy atom. The minimum absolute atomic E-state index is 0.00622. The number of nitrogens with one attached hydrogen (secondary N) is 5. The van der Waals surface area contributed by atoms with Crippen LogP contribution < -0.4 is 32.3 Å². The molecule has 26 nitrogen and oxygen atoms in total. The molecule has 1 saturated carbocycles. The van der Waals surface area contributed by atoms with E-state index >= 15 is 0 Å². The van der Waals surface area contributed by atoms with E-state index in [0.717, 1.165) is 4.90 Å². The van der Waals surface area contributed by atoms with E-state index in [9.17, 15) is 54.3 Å². The number of likely N-dealkylation sites (N-methyl/N-ethyl adjacent to an activating group) is 1. The lowest BCUT2D eigenvalue weighted by atomic mass is 9.83. The van der Waals surface area contributed by atoms with E-state index in [4.69, 9.17) is 43.6 Å². The van der Waals surface area contributed by atoms with Crippen molar-refractivity contribution in [2.45, 2.75) is 205 Å². The van der Waals surface area contributed by atoms with Gasteiger partial charge in [-0.05, 0) is 115 Å². The first-order valence-electron chi connectivity index (χ1n) is 23.9. The van der Waals surface area contributed by atoms with Crippen LogP contribution in [0.25, 0.3) is 0 Å². The average molecular weight is 1040 g/mol. The van der Waals surface area contributed by atoms with Crippen molar-refractivity contribution in [3.63, 3.8) is 0 Å². The molecular weight excluding hydrogens is 955 g/mol. The molecule has 26 heteroatoms. The van der Waals surface area contributed by atoms with Crippen LogP contribution in [0.4, 0.5) is 19.2 Å². The number of carbonyl (C=O) groups excluding carboxylic acids is 6. The fourth-order valence-corrected chi connectivity index (χ4v) is 6.88. The molecule has 416 valence electrons. The summed E-state index contributed by atoms with van der Waals surface area (Å²) in [5, 5.41) is 68.5. The van der Waals surface area contributed by atoms with Gasteiger partial charge in [-0.3, -0.25) is 9.59 Å². The molecule has 12 atom stereocenters. The summed E-state index contributed by atoms with van der Waals surface area (Å²) in [6.07, 6.45) is -16.7. The lowest BCUT2D eigenvalue weighted by molar-refractivity contribution is -0.276. The molecule has 1 unspecified atom stereocenters. The fourth-order valence-electron chi connectivity index (χ4n) is 6.88. The smallest absolute Gasteiger partial charge is 0.410 e. The van der Waals surface area contributed by atoms with Crippen LogP contribution in [0.15, 0.2) is 11.8 Å². The highest BCUT2D eigenvalue weighted by molar-refractivity contribution is 5.82. The van der Waals surface area contributed by atoms with Crippen LogP contribution in [0.2, 0.25) is 0 Å². The molecule has 72 heavy (non-hydrogen) atoms. The van der Waals surface area contributed by atoms with Crippen LogP contribution in [-0.4, -0.2) is 202 Å². The zero-order chi connectivity index (χ0) is 55.1. The molecule has 0 aromatic carbocycles. The van der Waals surface area contributed by atoms with Crippen molar-refractivity contribution in [1.82, 2.24) is 31.5 Å². The van der Waals surface area contributed by atoms with Crippen LogP contribution in [0.3, 0.4) is 0 Å². The van der Waals surface area contributed by atoms with E-state index < -0.39 is 152 Å². The molecule has 0 saturated heterocycles. The van der Waals surface area contributed by atoms with E-state index in [1.54, 1.807) is 89.2 Å². The van der Waals surface area contributed by atoms with Gasteiger partial charge in [0.1, 0.15) is 64.8 Å². The van der Waals surface area contributed by atoms with Gasteiger partial charge in [0.05, 0.1) is 50.5 Å². The summed E-state index contributed by atoms with van der Waals surface area (Å²) < 4.78 is 46.0. The van der Waals surface area contributed by atoms with Crippen molar-refractivity contribution in [2.24, 2.45) is 5.73 Å². The summed E-state index contributed by atoms with van der Waals surface area (Å²) in [6.45, 7) is 19.1. The third-order valence-corrected chi connectivity index (χ3v) is 10.3. The second-order valence-electron chi connectivity index (χ2n) is 21.4. The van der Waals surface area contributed by atoms with Crippen molar-refractivity contribution in [1.29, 1.82) is 0 Å². The molecule has 2 rings (SSSR count). The maximum Gasteiger partial charge on any atom is 0.410 e. The van der Waals surface area contributed by atoms with Crippen molar-refractivity contribution in [3.8, 4) is 0 Å². The Morgan fingerprint density at radius 3 is 1.81 bits per heavy atom. The normalized spacial score (nSPS) is 23.8. The standard InChI is InChI=1S/C46H83N7O19/c1-24(53(14)42(64)72-46(11,12)13)31(57)38(65-20-19-54)68-33-27(51-35(59)29(55)17-18-48-39(61)69-43(2,3)4)21-28(52-41(63)71-45(8,9)10)34(32(33)58)67-37-26(16-15-25(22-47)66-37)50-36(60)30(56)23-49-40(62)70-44(5,6)7/h15,24,26-34,37-38,54-58H,16-23,47H2,1-14H3,(H,48,61)(H,49,62)(H,50,60)(H,51,59)(H,52,63)/t24-,26+,27+,28-,29-,30?,31+,32+,33-,34+,37+,38+/m0/s1. The Hall–Kier alpha value is -4.80. The molecule has 6 amide bonds. The Kier molecular flexibility index (Phi) is 24.2. The second-order valence-corrected chi connectivity index (χ2v) is 21.4. The Labute approximate surface area is 421 Å². The monoisotopic (exact) mass is 1040 g/mol. The summed E-state index contributed by atoms with van der Waals surface area (Å²) in [6, 6.07) is -5.00. The summed E-state index contributed by atoms with van der Waals surface area (Å²) >= 11 is 0. The Bertz CT molecular complexity index is 1810. The van der Waals surface area contributed by atoms with Gasteiger partial charge in [-0.25, -0.2) is 19.2 Å². The first kappa shape index (κ1) is 63.3. The highest BCUT2D eigenvalue weighted by Gasteiger charge is 2.51. The van der Waals surface area contributed by atoms with Crippen molar-refractivity contribution in [3.05, 3.63) is 11.8 Å². The summed E-state index contributed by atoms with van der Waals surface area (Å²) in [4.78, 5) is 79.4. The molecule has 0 bridgehead atoms. The Balaban J connectivity index is 2.68. The van der Waals surface area contributed by atoms with Crippen molar-refractivity contribution in [2.75, 3.05) is 39.9 Å². The van der Waals surface area contributed by atoms with Crippen LogP contribution in [0, 0.1) is 0 Å². The zero-order valence-corrected chi connectivity index (χ0v) is 44.1. The number of amides is 6. The average Bonchev–Trinajstić information content (AvgIpc) is 3.23. The zero-order valence-electron chi connectivity index (χ0n) is 44.1. The third kappa shape index (κ3) is 22.5.